The zero-order chi connectivity index (χ0) is 25.8. The summed E-state index contributed by atoms with van der Waals surface area (Å²) in [5, 5.41) is 24.4. The minimum absolute atomic E-state index is 0.00679. The molecule has 1 fully saturated rings. The van der Waals surface area contributed by atoms with Gasteiger partial charge in [0, 0.05) is 26.3 Å². The zero-order valence-corrected chi connectivity index (χ0v) is 20.0. The first-order valence-corrected chi connectivity index (χ1v) is 11.0. The molecule has 11 heteroatoms. The normalized spacial score (nSPS) is 21.1. The summed E-state index contributed by atoms with van der Waals surface area (Å²) in [5.41, 5.74) is 1.16. The number of benzene rings is 1. The van der Waals surface area contributed by atoms with Crippen molar-refractivity contribution in [2.75, 3.05) is 25.6 Å². The molecule has 1 aliphatic heterocycles. The molecule has 35 heavy (non-hydrogen) atoms. The van der Waals surface area contributed by atoms with E-state index in [2.05, 4.69) is 21.9 Å². The predicted molar refractivity (Wildman–Crippen MR) is 127 cm³/mol. The number of aliphatic hydroxyl groups excluding tert-OH is 1. The van der Waals surface area contributed by atoms with Gasteiger partial charge >= 0.3 is 6.55 Å². The van der Waals surface area contributed by atoms with Gasteiger partial charge in [-0.2, -0.15) is 18.6 Å². The van der Waals surface area contributed by atoms with Gasteiger partial charge in [0.25, 0.3) is 0 Å². The van der Waals surface area contributed by atoms with Crippen LogP contribution in [-0.2, 0) is 17.9 Å². The maximum atomic E-state index is 14.1. The summed E-state index contributed by atoms with van der Waals surface area (Å²) in [6.07, 6.45) is 4.48. The van der Waals surface area contributed by atoms with Gasteiger partial charge in [0.2, 0.25) is 0 Å². The molecule has 2 atom stereocenters. The highest BCUT2D eigenvalue weighted by Crippen LogP contribution is 2.39. The number of anilines is 1. The number of nitrogens with zero attached hydrogens (tertiary/aromatic N) is 4. The molecule has 0 aliphatic carbocycles. The Kier molecular flexibility index (Phi) is 8.36. The van der Waals surface area contributed by atoms with Crippen LogP contribution >= 0.6 is 0 Å². The van der Waals surface area contributed by atoms with Gasteiger partial charge < -0.3 is 20.1 Å². The third-order valence-corrected chi connectivity index (χ3v) is 6.45. The molecule has 2 heterocycles. The van der Waals surface area contributed by atoms with Crippen LogP contribution in [0.2, 0.25) is 0 Å². The fourth-order valence-electron chi connectivity index (χ4n) is 4.52. The third kappa shape index (κ3) is 5.42. The highest BCUT2D eigenvalue weighted by molar-refractivity contribution is 6.01. The van der Waals surface area contributed by atoms with E-state index < -0.39 is 18.0 Å². The van der Waals surface area contributed by atoms with Crippen molar-refractivity contribution < 1.29 is 23.0 Å². The van der Waals surface area contributed by atoms with Crippen molar-refractivity contribution in [1.82, 2.24) is 19.6 Å². The number of hydrogen-bond donors (Lipinski definition) is 3. The molecule has 3 rings (SSSR count). The maximum absolute atomic E-state index is 14.1. The number of ether oxygens (including phenoxy) is 1. The van der Waals surface area contributed by atoms with Crippen molar-refractivity contribution in [3.8, 4) is 0 Å². The molecule has 190 valence electrons. The van der Waals surface area contributed by atoms with E-state index in [0.717, 1.165) is 5.57 Å². The standard InChI is InChI=1S/C24H31F3N6O2/c1-5-31-13-20(15-35-4)32(12-18-11-19(25)7-6-17(18)14-34)24(31,3)16(2)10-21(28)30-22-8-9-29-33(22)23(26)27/h5-11,20,23,34H,1,12-15H2,2-4H3,(H2,28,30)/b16-10+/t20-,24+/m1/s1. The fraction of sp³-hybridized carbons (Fsp3) is 0.417. The third-order valence-electron chi connectivity index (χ3n) is 6.45. The minimum Gasteiger partial charge on any atom is -0.392 e. The summed E-state index contributed by atoms with van der Waals surface area (Å²) in [4.78, 5) is 4.10. The molecule has 2 aromatic rings. The van der Waals surface area contributed by atoms with Crippen LogP contribution in [0.25, 0.3) is 0 Å². The van der Waals surface area contributed by atoms with Gasteiger partial charge in [0.1, 0.15) is 23.1 Å². The average molecular weight is 493 g/mol. The largest absolute Gasteiger partial charge is 0.392 e. The average Bonchev–Trinajstić information content (AvgIpc) is 3.38. The van der Waals surface area contributed by atoms with Crippen molar-refractivity contribution in [3.63, 3.8) is 0 Å². The molecule has 8 nitrogen and oxygen atoms in total. The van der Waals surface area contributed by atoms with Crippen molar-refractivity contribution in [3.05, 3.63) is 71.8 Å². The Bertz CT molecular complexity index is 1090. The van der Waals surface area contributed by atoms with Crippen LogP contribution in [0.5, 0.6) is 0 Å². The molecular weight excluding hydrogens is 461 g/mol. The number of nitrogens with one attached hydrogen (secondary N) is 2. The predicted octanol–water partition coefficient (Wildman–Crippen LogP) is 3.94. The fourth-order valence-corrected chi connectivity index (χ4v) is 4.52. The topological polar surface area (TPSA) is 89.6 Å². The van der Waals surface area contributed by atoms with E-state index in [9.17, 15) is 18.3 Å². The number of alkyl halides is 2. The van der Waals surface area contributed by atoms with E-state index in [4.69, 9.17) is 10.1 Å². The molecule has 1 aliphatic rings. The van der Waals surface area contributed by atoms with Crippen LogP contribution in [0, 0.1) is 11.2 Å². The van der Waals surface area contributed by atoms with Crippen LogP contribution in [0.3, 0.4) is 0 Å². The Morgan fingerprint density at radius 3 is 2.77 bits per heavy atom. The summed E-state index contributed by atoms with van der Waals surface area (Å²) in [6.45, 7) is 5.89. The lowest BCUT2D eigenvalue weighted by Crippen LogP contribution is -2.52. The lowest BCUT2D eigenvalue weighted by Gasteiger charge is -2.43. The Hall–Kier alpha value is -3.15. The number of halogens is 3. The number of aliphatic hydroxyl groups is 1. The van der Waals surface area contributed by atoms with Crippen LogP contribution in [0.4, 0.5) is 19.0 Å². The smallest absolute Gasteiger partial charge is 0.335 e. The van der Waals surface area contributed by atoms with Crippen LogP contribution in [0.15, 0.2) is 54.9 Å². The molecule has 0 saturated carbocycles. The second-order valence-electron chi connectivity index (χ2n) is 8.47. The van der Waals surface area contributed by atoms with Gasteiger partial charge in [-0.1, -0.05) is 12.6 Å². The van der Waals surface area contributed by atoms with E-state index >= 15 is 0 Å². The summed E-state index contributed by atoms with van der Waals surface area (Å²) >= 11 is 0. The maximum Gasteiger partial charge on any atom is 0.335 e. The quantitative estimate of drug-likeness (QED) is 0.344. The first-order chi connectivity index (χ1) is 16.6. The number of amidine groups is 1. The van der Waals surface area contributed by atoms with Crippen molar-refractivity contribution in [2.45, 2.75) is 45.3 Å². The monoisotopic (exact) mass is 492 g/mol. The summed E-state index contributed by atoms with van der Waals surface area (Å²) < 4.78 is 46.3. The molecule has 1 aromatic carbocycles. The van der Waals surface area contributed by atoms with Gasteiger partial charge in [-0.3, -0.25) is 10.3 Å². The molecule has 0 unspecified atom stereocenters. The second-order valence-corrected chi connectivity index (χ2v) is 8.47. The van der Waals surface area contributed by atoms with E-state index in [0.29, 0.717) is 35.5 Å². The number of aromatic nitrogens is 2. The van der Waals surface area contributed by atoms with E-state index in [1.165, 1.54) is 24.4 Å². The van der Waals surface area contributed by atoms with Gasteiger partial charge in [-0.05, 0) is 55.0 Å². The SMILES string of the molecule is C=CN1C[C@H](COC)N(Cc2cc(F)ccc2CO)[C@@]1(C)/C(C)=C/C(=N)Nc1ccnn1C(F)F. The molecule has 0 radical (unpaired) electrons. The molecule has 1 saturated heterocycles. The van der Waals surface area contributed by atoms with E-state index in [-0.39, 0.29) is 24.3 Å². The minimum atomic E-state index is -2.84. The number of hydrogen-bond acceptors (Lipinski definition) is 6. The highest BCUT2D eigenvalue weighted by atomic mass is 19.3. The molecule has 0 bridgehead atoms. The molecular formula is C24H31F3N6O2. The zero-order valence-electron chi connectivity index (χ0n) is 20.0. The Labute approximate surface area is 202 Å². The highest BCUT2D eigenvalue weighted by Gasteiger charge is 2.48. The van der Waals surface area contributed by atoms with Crippen molar-refractivity contribution in [1.29, 1.82) is 5.41 Å². The molecule has 0 spiro atoms. The van der Waals surface area contributed by atoms with Gasteiger partial charge in [0.05, 0.1) is 25.5 Å². The number of methoxy groups -OCH3 is 1. The van der Waals surface area contributed by atoms with Crippen LogP contribution in [-0.4, -0.2) is 62.5 Å². The molecule has 0 amide bonds. The first kappa shape index (κ1) is 26.5. The van der Waals surface area contributed by atoms with E-state index in [1.54, 1.807) is 25.5 Å². The number of rotatable bonds is 10. The van der Waals surface area contributed by atoms with Crippen molar-refractivity contribution >= 4 is 11.7 Å². The molecule has 1 aromatic heterocycles. The summed E-state index contributed by atoms with van der Waals surface area (Å²) in [5.74, 6) is -0.518. The summed E-state index contributed by atoms with van der Waals surface area (Å²) in [6, 6.07) is 5.52. The lowest BCUT2D eigenvalue weighted by atomic mass is 9.97. The first-order valence-electron chi connectivity index (χ1n) is 11.0. The van der Waals surface area contributed by atoms with Gasteiger partial charge in [0.15, 0.2) is 0 Å². The van der Waals surface area contributed by atoms with Crippen LogP contribution < -0.4 is 5.32 Å². The molecule has 3 N–H and O–H groups in total. The lowest BCUT2D eigenvalue weighted by molar-refractivity contribution is 0.0438. The van der Waals surface area contributed by atoms with Crippen LogP contribution in [0.1, 0.15) is 31.5 Å². The Balaban J connectivity index is 1.97. The summed E-state index contributed by atoms with van der Waals surface area (Å²) in [7, 11) is 1.60. The Morgan fingerprint density at radius 2 is 2.14 bits per heavy atom. The van der Waals surface area contributed by atoms with Gasteiger partial charge in [-0.15, -0.1) is 0 Å². The Morgan fingerprint density at radius 1 is 1.40 bits per heavy atom. The van der Waals surface area contributed by atoms with Crippen molar-refractivity contribution in [2.24, 2.45) is 0 Å². The van der Waals surface area contributed by atoms with Gasteiger partial charge in [-0.25, -0.2) is 4.39 Å². The van der Waals surface area contributed by atoms with E-state index in [1.807, 2.05) is 18.7 Å². The second kappa shape index (κ2) is 11.1.